The smallest absolute Gasteiger partial charge is 0.260 e. The number of aromatic nitrogens is 2. The molecule has 3 heterocycles. The van der Waals surface area contributed by atoms with Gasteiger partial charge in [0.05, 0.1) is 0 Å². The van der Waals surface area contributed by atoms with Crippen LogP contribution in [0.3, 0.4) is 0 Å². The number of rotatable bonds is 4. The second-order valence-corrected chi connectivity index (χ2v) is 5.87. The summed E-state index contributed by atoms with van der Waals surface area (Å²) < 4.78 is 0. The molecule has 2 aromatic rings. The van der Waals surface area contributed by atoms with E-state index < -0.39 is 0 Å². The van der Waals surface area contributed by atoms with E-state index in [2.05, 4.69) is 32.1 Å². The fourth-order valence-electron chi connectivity index (χ4n) is 2.74. The Bertz CT molecular complexity index is 765. The predicted octanol–water partition coefficient (Wildman–Crippen LogP) is 0.452. The van der Waals surface area contributed by atoms with Gasteiger partial charge in [-0.3, -0.25) is 9.59 Å². The average Bonchev–Trinajstić information content (AvgIpc) is 2.61. The Kier molecular flexibility index (Phi) is 4.90. The number of likely N-dealkylation sites (N-methyl/N-ethyl adjacent to an activating group) is 1. The third-order valence-corrected chi connectivity index (χ3v) is 4.17. The van der Waals surface area contributed by atoms with Crippen LogP contribution in [0.5, 0.6) is 0 Å². The normalized spacial score (nSPS) is 15.3. The molecule has 3 rings (SSSR count). The number of nitrogens with one attached hydrogen (secondary N) is 2. The number of nitrogens with zero attached hydrogens (tertiary/aromatic N) is 3. The van der Waals surface area contributed by atoms with Crippen LogP contribution in [0.1, 0.15) is 15.9 Å². The molecule has 1 aliphatic rings. The highest BCUT2D eigenvalue weighted by molar-refractivity contribution is 5.93. The maximum atomic E-state index is 12.2. The van der Waals surface area contributed by atoms with E-state index in [1.807, 2.05) is 12.1 Å². The number of carbonyl (C=O) groups excluding carboxylic acids is 1. The minimum Gasteiger partial charge on any atom is -0.354 e. The standard InChI is InChI=1S/C17H21N5O2/c1-21-8-10-22(11-9-21)15-13(4-2-6-18-15)12-20-17(24)14-5-3-7-19-16(14)23/h2-7H,8-12H2,1H3,(H,19,23)(H,20,24). The zero-order valence-corrected chi connectivity index (χ0v) is 13.7. The first-order chi connectivity index (χ1) is 11.6. The number of amides is 1. The minimum atomic E-state index is -0.388. The zero-order chi connectivity index (χ0) is 16.9. The lowest BCUT2D eigenvalue weighted by Gasteiger charge is -2.34. The van der Waals surface area contributed by atoms with Gasteiger partial charge in [0.25, 0.3) is 11.5 Å². The Balaban J connectivity index is 1.71. The number of hydrogen-bond acceptors (Lipinski definition) is 5. The first-order valence-electron chi connectivity index (χ1n) is 7.98. The van der Waals surface area contributed by atoms with Crippen LogP contribution in [0.2, 0.25) is 0 Å². The molecule has 7 nitrogen and oxygen atoms in total. The summed E-state index contributed by atoms with van der Waals surface area (Å²) in [7, 11) is 2.11. The number of H-pyrrole nitrogens is 1. The molecule has 1 amide bonds. The Morgan fingerprint density at radius 3 is 2.79 bits per heavy atom. The lowest BCUT2D eigenvalue weighted by molar-refractivity contribution is 0.0949. The van der Waals surface area contributed by atoms with Gasteiger partial charge < -0.3 is 20.1 Å². The lowest BCUT2D eigenvalue weighted by Crippen LogP contribution is -2.45. The molecular formula is C17H21N5O2. The second kappa shape index (κ2) is 7.27. The Hall–Kier alpha value is -2.67. The molecular weight excluding hydrogens is 306 g/mol. The second-order valence-electron chi connectivity index (χ2n) is 5.87. The average molecular weight is 327 g/mol. The molecule has 24 heavy (non-hydrogen) atoms. The molecule has 1 saturated heterocycles. The molecule has 2 N–H and O–H groups in total. The fourth-order valence-corrected chi connectivity index (χ4v) is 2.74. The van der Waals surface area contributed by atoms with Crippen molar-refractivity contribution in [2.75, 3.05) is 38.1 Å². The monoisotopic (exact) mass is 327 g/mol. The first kappa shape index (κ1) is 16.2. The number of carbonyl (C=O) groups is 1. The summed E-state index contributed by atoms with van der Waals surface area (Å²) >= 11 is 0. The van der Waals surface area contributed by atoms with Gasteiger partial charge in [-0.05, 0) is 25.2 Å². The third kappa shape index (κ3) is 3.62. The van der Waals surface area contributed by atoms with E-state index in [-0.39, 0.29) is 17.0 Å². The summed E-state index contributed by atoms with van der Waals surface area (Å²) in [6.07, 6.45) is 3.27. The Morgan fingerprint density at radius 2 is 2.04 bits per heavy atom. The predicted molar refractivity (Wildman–Crippen MR) is 92.2 cm³/mol. The Morgan fingerprint density at radius 1 is 1.25 bits per heavy atom. The summed E-state index contributed by atoms with van der Waals surface area (Å²) in [6.45, 7) is 4.13. The quantitative estimate of drug-likeness (QED) is 0.852. The van der Waals surface area contributed by atoms with E-state index in [1.165, 1.54) is 12.3 Å². The van der Waals surface area contributed by atoms with Crippen LogP contribution in [-0.2, 0) is 6.54 Å². The summed E-state index contributed by atoms with van der Waals surface area (Å²) in [5.41, 5.74) is 0.672. The van der Waals surface area contributed by atoms with Crippen LogP contribution in [0, 0.1) is 0 Å². The van der Waals surface area contributed by atoms with Crippen molar-refractivity contribution in [3.05, 3.63) is 58.1 Å². The van der Waals surface area contributed by atoms with Gasteiger partial charge in [-0.25, -0.2) is 4.98 Å². The maximum Gasteiger partial charge on any atom is 0.260 e. The van der Waals surface area contributed by atoms with E-state index in [9.17, 15) is 9.59 Å². The van der Waals surface area contributed by atoms with Gasteiger partial charge in [0.1, 0.15) is 11.4 Å². The third-order valence-electron chi connectivity index (χ3n) is 4.17. The van der Waals surface area contributed by atoms with Crippen molar-refractivity contribution in [1.82, 2.24) is 20.2 Å². The molecule has 1 aliphatic heterocycles. The van der Waals surface area contributed by atoms with Gasteiger partial charge >= 0.3 is 0 Å². The van der Waals surface area contributed by atoms with Crippen LogP contribution < -0.4 is 15.8 Å². The summed E-state index contributed by atoms with van der Waals surface area (Å²) in [6, 6.07) is 6.96. The number of anilines is 1. The number of pyridine rings is 2. The fraction of sp³-hybridized carbons (Fsp3) is 0.353. The van der Waals surface area contributed by atoms with E-state index in [0.29, 0.717) is 6.54 Å². The molecule has 0 atom stereocenters. The largest absolute Gasteiger partial charge is 0.354 e. The van der Waals surface area contributed by atoms with Crippen molar-refractivity contribution in [2.24, 2.45) is 0 Å². The van der Waals surface area contributed by atoms with Gasteiger partial charge in [0.15, 0.2) is 0 Å². The molecule has 0 unspecified atom stereocenters. The molecule has 0 spiro atoms. The number of aromatic amines is 1. The summed E-state index contributed by atoms with van der Waals surface area (Å²) in [5.74, 6) is 0.512. The molecule has 0 aromatic carbocycles. The summed E-state index contributed by atoms with van der Waals surface area (Å²) in [4.78, 5) is 35.4. The number of hydrogen-bond donors (Lipinski definition) is 2. The van der Waals surface area contributed by atoms with Crippen LogP contribution in [0.4, 0.5) is 5.82 Å². The highest BCUT2D eigenvalue weighted by atomic mass is 16.2. The van der Waals surface area contributed by atoms with Gasteiger partial charge in [-0.1, -0.05) is 6.07 Å². The SMILES string of the molecule is CN1CCN(c2ncccc2CNC(=O)c2ccc[nH]c2=O)CC1. The molecule has 0 saturated carbocycles. The van der Waals surface area contributed by atoms with Crippen molar-refractivity contribution in [3.8, 4) is 0 Å². The van der Waals surface area contributed by atoms with Crippen molar-refractivity contribution in [2.45, 2.75) is 6.54 Å². The minimum absolute atomic E-state index is 0.113. The summed E-state index contributed by atoms with van der Waals surface area (Å²) in [5, 5.41) is 2.81. The first-order valence-corrected chi connectivity index (χ1v) is 7.98. The highest BCUT2D eigenvalue weighted by Gasteiger charge is 2.18. The van der Waals surface area contributed by atoms with Crippen LogP contribution in [0.25, 0.3) is 0 Å². The lowest BCUT2D eigenvalue weighted by atomic mass is 10.2. The van der Waals surface area contributed by atoms with Crippen molar-refractivity contribution >= 4 is 11.7 Å². The molecule has 126 valence electrons. The highest BCUT2D eigenvalue weighted by Crippen LogP contribution is 2.18. The Labute approximate surface area is 140 Å². The van der Waals surface area contributed by atoms with Gasteiger partial charge in [-0.2, -0.15) is 0 Å². The van der Waals surface area contributed by atoms with E-state index in [1.54, 1.807) is 12.3 Å². The zero-order valence-electron chi connectivity index (χ0n) is 13.7. The molecule has 7 heteroatoms. The molecule has 0 bridgehead atoms. The van der Waals surface area contributed by atoms with E-state index in [0.717, 1.165) is 37.6 Å². The molecule has 2 aromatic heterocycles. The molecule has 1 fully saturated rings. The van der Waals surface area contributed by atoms with Gasteiger partial charge in [0, 0.05) is 50.7 Å². The van der Waals surface area contributed by atoms with E-state index >= 15 is 0 Å². The van der Waals surface area contributed by atoms with Crippen LogP contribution in [-0.4, -0.2) is 54.0 Å². The number of piperazine rings is 1. The molecule has 0 radical (unpaired) electrons. The van der Waals surface area contributed by atoms with Crippen LogP contribution >= 0.6 is 0 Å². The van der Waals surface area contributed by atoms with Crippen molar-refractivity contribution in [3.63, 3.8) is 0 Å². The van der Waals surface area contributed by atoms with Gasteiger partial charge in [0.2, 0.25) is 0 Å². The topological polar surface area (TPSA) is 81.3 Å². The van der Waals surface area contributed by atoms with Crippen LogP contribution in [0.15, 0.2) is 41.5 Å². The van der Waals surface area contributed by atoms with Crippen molar-refractivity contribution in [1.29, 1.82) is 0 Å². The van der Waals surface area contributed by atoms with Gasteiger partial charge in [-0.15, -0.1) is 0 Å². The maximum absolute atomic E-state index is 12.2. The van der Waals surface area contributed by atoms with E-state index in [4.69, 9.17) is 0 Å². The molecule has 0 aliphatic carbocycles. The van der Waals surface area contributed by atoms with Crippen molar-refractivity contribution < 1.29 is 4.79 Å².